The molecule has 1 atom stereocenters. The normalized spacial score (nSPS) is 18.0. The molecular weight excluding hydrogens is 253 g/mol. The number of hydrogen-bond acceptors (Lipinski definition) is 3. The Morgan fingerprint density at radius 2 is 2.25 bits per heavy atom. The van der Waals surface area contributed by atoms with Gasteiger partial charge in [0.1, 0.15) is 11.3 Å². The molecule has 0 saturated heterocycles. The molecule has 1 aliphatic rings. The van der Waals surface area contributed by atoms with Gasteiger partial charge in [-0.25, -0.2) is 4.79 Å². The van der Waals surface area contributed by atoms with Gasteiger partial charge in [0.2, 0.25) is 0 Å². The molecular formula is C10H11Cl2NO3. The first-order chi connectivity index (χ1) is 7.09. The fourth-order valence-electron chi connectivity index (χ4n) is 1.65. The fourth-order valence-corrected chi connectivity index (χ4v) is 1.88. The minimum atomic E-state index is -1.05. The molecule has 0 fully saturated rings. The number of fused-ring (bicyclic) bond motifs is 1. The first kappa shape index (κ1) is 13.1. The average molecular weight is 264 g/mol. The molecule has 0 bridgehead atoms. The molecule has 1 aliphatic heterocycles. The maximum atomic E-state index is 11.0. The van der Waals surface area contributed by atoms with E-state index in [2.05, 4.69) is 0 Å². The van der Waals surface area contributed by atoms with E-state index in [1.807, 2.05) is 0 Å². The van der Waals surface area contributed by atoms with Crippen molar-refractivity contribution in [1.29, 1.82) is 0 Å². The number of carboxylic acids is 1. The number of carboxylic acid groups (broad SMARTS) is 1. The van der Waals surface area contributed by atoms with Crippen LogP contribution in [0.2, 0.25) is 5.02 Å². The summed E-state index contributed by atoms with van der Waals surface area (Å²) < 4.78 is 5.32. The summed E-state index contributed by atoms with van der Waals surface area (Å²) in [6.07, 6.45) is 0.673. The lowest BCUT2D eigenvalue weighted by atomic mass is 9.98. The molecule has 2 rings (SSSR count). The summed E-state index contributed by atoms with van der Waals surface area (Å²) >= 11 is 5.82. The Morgan fingerprint density at radius 3 is 2.88 bits per heavy atom. The van der Waals surface area contributed by atoms with Crippen molar-refractivity contribution in [3.63, 3.8) is 0 Å². The van der Waals surface area contributed by atoms with Crippen LogP contribution in [0.1, 0.15) is 28.4 Å². The van der Waals surface area contributed by atoms with E-state index in [-0.39, 0.29) is 24.0 Å². The second-order valence-corrected chi connectivity index (χ2v) is 3.86. The third-order valence-electron chi connectivity index (χ3n) is 2.39. The standard InChI is InChI=1S/C10H10ClNO3.ClH/c11-5-3-6-8(12)1-2-15-9(6)7(4-5)10(13)14;/h3-4,8H,1-2,12H2,(H,13,14);1H/t8-;/m0./s1. The Balaban J connectivity index is 0.00000128. The predicted molar refractivity (Wildman–Crippen MR) is 62.7 cm³/mol. The molecule has 0 aliphatic carbocycles. The van der Waals surface area contributed by atoms with Crippen molar-refractivity contribution in [3.05, 3.63) is 28.3 Å². The highest BCUT2D eigenvalue weighted by Crippen LogP contribution is 2.36. The van der Waals surface area contributed by atoms with Crippen LogP contribution in [0.5, 0.6) is 5.75 Å². The number of carbonyl (C=O) groups is 1. The van der Waals surface area contributed by atoms with Gasteiger partial charge in [-0.1, -0.05) is 11.6 Å². The molecule has 0 amide bonds. The van der Waals surface area contributed by atoms with Gasteiger partial charge < -0.3 is 15.6 Å². The van der Waals surface area contributed by atoms with Crippen molar-refractivity contribution in [3.8, 4) is 5.75 Å². The number of nitrogens with two attached hydrogens (primary N) is 1. The topological polar surface area (TPSA) is 72.5 Å². The summed E-state index contributed by atoms with van der Waals surface area (Å²) in [6.45, 7) is 0.441. The molecule has 0 spiro atoms. The Labute approximate surface area is 104 Å². The van der Waals surface area contributed by atoms with Gasteiger partial charge in [-0.3, -0.25) is 0 Å². The lowest BCUT2D eigenvalue weighted by Crippen LogP contribution is -2.22. The summed E-state index contributed by atoms with van der Waals surface area (Å²) in [5, 5.41) is 9.34. The van der Waals surface area contributed by atoms with E-state index in [0.717, 1.165) is 0 Å². The van der Waals surface area contributed by atoms with Crippen LogP contribution in [0, 0.1) is 0 Å². The van der Waals surface area contributed by atoms with Crippen molar-refractivity contribution in [2.75, 3.05) is 6.61 Å². The minimum Gasteiger partial charge on any atom is -0.492 e. The molecule has 1 aromatic rings. The smallest absolute Gasteiger partial charge is 0.339 e. The van der Waals surface area contributed by atoms with Crippen LogP contribution in [0.3, 0.4) is 0 Å². The molecule has 6 heteroatoms. The SMILES string of the molecule is Cl.N[C@H]1CCOc2c(C(=O)O)cc(Cl)cc21. The van der Waals surface area contributed by atoms with Crippen LogP contribution in [-0.2, 0) is 0 Å². The monoisotopic (exact) mass is 263 g/mol. The zero-order valence-electron chi connectivity index (χ0n) is 8.27. The summed E-state index contributed by atoms with van der Waals surface area (Å²) in [7, 11) is 0. The van der Waals surface area contributed by atoms with Gasteiger partial charge in [0.15, 0.2) is 0 Å². The Bertz CT molecular complexity index is 423. The van der Waals surface area contributed by atoms with Gasteiger partial charge in [0, 0.05) is 23.0 Å². The fraction of sp³-hybridized carbons (Fsp3) is 0.300. The highest BCUT2D eigenvalue weighted by atomic mass is 35.5. The second kappa shape index (κ2) is 4.91. The maximum absolute atomic E-state index is 11.0. The first-order valence-corrected chi connectivity index (χ1v) is 4.92. The van der Waals surface area contributed by atoms with Gasteiger partial charge >= 0.3 is 5.97 Å². The molecule has 1 aromatic carbocycles. The predicted octanol–water partition coefficient (Wildman–Crippen LogP) is 2.24. The quantitative estimate of drug-likeness (QED) is 0.815. The van der Waals surface area contributed by atoms with E-state index < -0.39 is 5.97 Å². The maximum Gasteiger partial charge on any atom is 0.339 e. The second-order valence-electron chi connectivity index (χ2n) is 3.42. The van der Waals surface area contributed by atoms with Gasteiger partial charge in [-0.2, -0.15) is 0 Å². The third-order valence-corrected chi connectivity index (χ3v) is 2.61. The molecule has 0 radical (unpaired) electrons. The Morgan fingerprint density at radius 1 is 1.56 bits per heavy atom. The van der Waals surface area contributed by atoms with Crippen molar-refractivity contribution in [2.45, 2.75) is 12.5 Å². The van der Waals surface area contributed by atoms with Crippen LogP contribution >= 0.6 is 24.0 Å². The number of hydrogen-bond donors (Lipinski definition) is 2. The molecule has 16 heavy (non-hydrogen) atoms. The number of ether oxygens (including phenoxy) is 1. The van der Waals surface area contributed by atoms with Gasteiger partial charge in [0.25, 0.3) is 0 Å². The number of aromatic carboxylic acids is 1. The Hall–Kier alpha value is -0.970. The average Bonchev–Trinajstić information content (AvgIpc) is 2.18. The van der Waals surface area contributed by atoms with Crippen LogP contribution in [0.15, 0.2) is 12.1 Å². The van der Waals surface area contributed by atoms with Crippen LogP contribution in [-0.4, -0.2) is 17.7 Å². The van der Waals surface area contributed by atoms with Crippen molar-refractivity contribution < 1.29 is 14.6 Å². The number of halogens is 2. The molecule has 1 heterocycles. The van der Waals surface area contributed by atoms with E-state index >= 15 is 0 Å². The zero-order chi connectivity index (χ0) is 11.0. The molecule has 3 N–H and O–H groups in total. The lowest BCUT2D eigenvalue weighted by molar-refractivity contribution is 0.0691. The highest BCUT2D eigenvalue weighted by Gasteiger charge is 2.24. The highest BCUT2D eigenvalue weighted by molar-refractivity contribution is 6.31. The molecule has 0 aromatic heterocycles. The summed E-state index contributed by atoms with van der Waals surface area (Å²) in [5.74, 6) is -0.700. The van der Waals surface area contributed by atoms with E-state index in [4.69, 9.17) is 27.2 Å². The van der Waals surface area contributed by atoms with E-state index in [0.29, 0.717) is 29.4 Å². The van der Waals surface area contributed by atoms with Gasteiger partial charge in [-0.15, -0.1) is 12.4 Å². The van der Waals surface area contributed by atoms with Crippen LogP contribution < -0.4 is 10.5 Å². The van der Waals surface area contributed by atoms with Crippen LogP contribution in [0.4, 0.5) is 0 Å². The largest absolute Gasteiger partial charge is 0.492 e. The van der Waals surface area contributed by atoms with Crippen LogP contribution in [0.25, 0.3) is 0 Å². The molecule has 0 unspecified atom stereocenters. The summed E-state index contributed by atoms with van der Waals surface area (Å²) in [5.41, 5.74) is 6.60. The van der Waals surface area contributed by atoms with E-state index in [9.17, 15) is 4.79 Å². The molecule has 88 valence electrons. The first-order valence-electron chi connectivity index (χ1n) is 4.54. The van der Waals surface area contributed by atoms with Crippen molar-refractivity contribution >= 4 is 30.0 Å². The number of rotatable bonds is 1. The molecule has 0 saturated carbocycles. The van der Waals surface area contributed by atoms with Crippen molar-refractivity contribution in [1.82, 2.24) is 0 Å². The van der Waals surface area contributed by atoms with Gasteiger partial charge in [0.05, 0.1) is 6.61 Å². The van der Waals surface area contributed by atoms with Crippen molar-refractivity contribution in [2.24, 2.45) is 5.73 Å². The van der Waals surface area contributed by atoms with Gasteiger partial charge in [-0.05, 0) is 12.1 Å². The third kappa shape index (κ3) is 2.24. The zero-order valence-corrected chi connectivity index (χ0v) is 9.85. The van der Waals surface area contributed by atoms with E-state index in [1.54, 1.807) is 6.07 Å². The minimum absolute atomic E-state index is 0. The summed E-state index contributed by atoms with van der Waals surface area (Å²) in [6, 6.07) is 2.83. The summed E-state index contributed by atoms with van der Waals surface area (Å²) in [4.78, 5) is 11.0. The molecule has 4 nitrogen and oxygen atoms in total. The van der Waals surface area contributed by atoms with E-state index in [1.165, 1.54) is 6.07 Å². The number of benzene rings is 1. The lowest BCUT2D eigenvalue weighted by Gasteiger charge is -2.24. The Kier molecular flexibility index (Phi) is 4.02.